The van der Waals surface area contributed by atoms with Gasteiger partial charge in [0, 0.05) is 37.8 Å². The van der Waals surface area contributed by atoms with Gasteiger partial charge < -0.3 is 14.5 Å². The van der Waals surface area contributed by atoms with Crippen LogP contribution in [0.5, 0.6) is 0 Å². The van der Waals surface area contributed by atoms with Crippen molar-refractivity contribution in [2.45, 2.75) is 43.2 Å². The van der Waals surface area contributed by atoms with Crippen molar-refractivity contribution in [3.05, 3.63) is 94.7 Å². The van der Waals surface area contributed by atoms with Gasteiger partial charge in [-0.05, 0) is 48.1 Å². The molecular formula is C29H27N3O3. The number of hydrogen-bond acceptors (Lipinski definition) is 5. The van der Waals surface area contributed by atoms with E-state index in [9.17, 15) is 9.59 Å². The van der Waals surface area contributed by atoms with Crippen molar-refractivity contribution in [1.29, 1.82) is 0 Å². The van der Waals surface area contributed by atoms with Crippen LogP contribution in [0, 0.1) is 0 Å². The molecule has 3 aliphatic heterocycles. The molecule has 1 unspecified atom stereocenters. The van der Waals surface area contributed by atoms with Crippen LogP contribution < -0.4 is 4.90 Å². The summed E-state index contributed by atoms with van der Waals surface area (Å²) in [4.78, 5) is 35.2. The lowest BCUT2D eigenvalue weighted by molar-refractivity contribution is -0.134. The number of nitrogens with zero attached hydrogens (tertiary/aromatic N) is 3. The summed E-state index contributed by atoms with van der Waals surface area (Å²) in [6.07, 6.45) is 5.24. The fourth-order valence-corrected chi connectivity index (χ4v) is 6.21. The molecule has 4 heterocycles. The van der Waals surface area contributed by atoms with Gasteiger partial charge in [0.1, 0.15) is 5.82 Å². The molecule has 176 valence electrons. The first-order valence-corrected chi connectivity index (χ1v) is 12.5. The van der Waals surface area contributed by atoms with Crippen LogP contribution in [-0.2, 0) is 33.5 Å². The molecule has 0 bridgehead atoms. The standard InChI is InChI=1S/C29H27N3O3/c33-26-23-7-3-4-8-24(23)29(35-26)14-16-32(19-29)27(34)28(12-13-28)22-9-10-25(30-17-22)31-15-11-20-5-1-2-6-21(20)18-31/h1-10,17H,11-16,18-19H2. The average Bonchev–Trinajstić information content (AvgIpc) is 3.54. The molecule has 1 spiro atoms. The normalized spacial score (nSPS) is 23.7. The fraction of sp³-hybridized carbons (Fsp3) is 0.345. The number of carbonyl (C=O) groups excluding carboxylic acids is 2. The number of rotatable bonds is 3. The Morgan fingerprint density at radius 2 is 1.71 bits per heavy atom. The first-order chi connectivity index (χ1) is 17.1. The Bertz CT molecular complexity index is 1350. The van der Waals surface area contributed by atoms with Crippen molar-refractivity contribution in [2.24, 2.45) is 0 Å². The Morgan fingerprint density at radius 3 is 2.51 bits per heavy atom. The number of hydrogen-bond donors (Lipinski definition) is 0. The van der Waals surface area contributed by atoms with Gasteiger partial charge in [-0.3, -0.25) is 4.79 Å². The van der Waals surface area contributed by atoms with E-state index in [1.54, 1.807) is 0 Å². The number of benzene rings is 2. The van der Waals surface area contributed by atoms with Crippen LogP contribution in [-0.4, -0.2) is 41.4 Å². The predicted molar refractivity (Wildman–Crippen MR) is 131 cm³/mol. The molecule has 35 heavy (non-hydrogen) atoms. The van der Waals surface area contributed by atoms with Gasteiger partial charge in [-0.15, -0.1) is 0 Å². The summed E-state index contributed by atoms with van der Waals surface area (Å²) in [5, 5.41) is 0. The highest BCUT2D eigenvalue weighted by Crippen LogP contribution is 2.52. The molecular weight excluding hydrogens is 438 g/mol. The maximum absolute atomic E-state index is 13.7. The van der Waals surface area contributed by atoms with E-state index in [1.807, 2.05) is 35.4 Å². The topological polar surface area (TPSA) is 62.7 Å². The van der Waals surface area contributed by atoms with E-state index in [4.69, 9.17) is 9.72 Å². The smallest absolute Gasteiger partial charge is 0.339 e. The van der Waals surface area contributed by atoms with E-state index in [0.717, 1.165) is 49.3 Å². The lowest BCUT2D eigenvalue weighted by Gasteiger charge is -2.30. The second kappa shape index (κ2) is 7.41. The number of pyridine rings is 1. The third kappa shape index (κ3) is 3.12. The van der Waals surface area contributed by atoms with Gasteiger partial charge in [0.15, 0.2) is 5.60 Å². The molecule has 6 nitrogen and oxygen atoms in total. The minimum Gasteiger partial charge on any atom is -0.449 e. The van der Waals surface area contributed by atoms with Crippen LogP contribution in [0.25, 0.3) is 0 Å². The summed E-state index contributed by atoms with van der Waals surface area (Å²) >= 11 is 0. The molecule has 1 amide bonds. The number of likely N-dealkylation sites (tertiary alicyclic amines) is 1. The minimum absolute atomic E-state index is 0.135. The largest absolute Gasteiger partial charge is 0.449 e. The highest BCUT2D eigenvalue weighted by Gasteiger charge is 2.57. The van der Waals surface area contributed by atoms with Crippen LogP contribution in [0.4, 0.5) is 5.82 Å². The molecule has 1 saturated carbocycles. The summed E-state index contributed by atoms with van der Waals surface area (Å²) in [6, 6.07) is 20.3. The van der Waals surface area contributed by atoms with Gasteiger partial charge in [-0.1, -0.05) is 48.5 Å². The molecule has 0 N–H and O–H groups in total. The fourth-order valence-electron chi connectivity index (χ4n) is 6.21. The van der Waals surface area contributed by atoms with E-state index in [2.05, 4.69) is 41.3 Å². The zero-order valence-corrected chi connectivity index (χ0v) is 19.6. The van der Waals surface area contributed by atoms with E-state index in [-0.39, 0.29) is 11.9 Å². The van der Waals surface area contributed by atoms with Crippen molar-refractivity contribution >= 4 is 17.7 Å². The summed E-state index contributed by atoms with van der Waals surface area (Å²) in [6.45, 7) is 2.84. The van der Waals surface area contributed by atoms with Crippen LogP contribution >= 0.6 is 0 Å². The number of fused-ring (bicyclic) bond motifs is 3. The molecule has 6 heteroatoms. The Kier molecular flexibility index (Phi) is 4.38. The van der Waals surface area contributed by atoms with Gasteiger partial charge >= 0.3 is 5.97 Å². The third-order valence-corrected chi connectivity index (χ3v) is 8.36. The number of anilines is 1. The Balaban J connectivity index is 1.09. The molecule has 1 aliphatic carbocycles. The summed E-state index contributed by atoms with van der Waals surface area (Å²) < 4.78 is 5.86. The maximum Gasteiger partial charge on any atom is 0.339 e. The second-order valence-electron chi connectivity index (χ2n) is 10.3. The molecule has 2 aromatic carbocycles. The predicted octanol–water partition coefficient (Wildman–Crippen LogP) is 3.97. The number of amides is 1. The van der Waals surface area contributed by atoms with Gasteiger partial charge in [0.25, 0.3) is 0 Å². The van der Waals surface area contributed by atoms with Crippen molar-refractivity contribution < 1.29 is 14.3 Å². The Labute approximate surface area is 204 Å². The summed E-state index contributed by atoms with van der Waals surface area (Å²) in [5.74, 6) is 0.813. The van der Waals surface area contributed by atoms with Gasteiger partial charge in [0.2, 0.25) is 5.91 Å². The molecule has 1 atom stereocenters. The van der Waals surface area contributed by atoms with Crippen molar-refractivity contribution in [3.63, 3.8) is 0 Å². The van der Waals surface area contributed by atoms with Crippen LogP contribution in [0.15, 0.2) is 66.9 Å². The Morgan fingerprint density at radius 1 is 0.914 bits per heavy atom. The van der Waals surface area contributed by atoms with Gasteiger partial charge in [0.05, 0.1) is 17.5 Å². The maximum atomic E-state index is 13.7. The van der Waals surface area contributed by atoms with Gasteiger partial charge in [-0.2, -0.15) is 0 Å². The van der Waals surface area contributed by atoms with E-state index < -0.39 is 11.0 Å². The molecule has 1 aromatic heterocycles. The monoisotopic (exact) mass is 465 g/mol. The SMILES string of the molecule is O=C1OC2(CCN(C(=O)C3(c4ccc(N5CCc6ccccc6C5)nc4)CC3)C2)c2ccccc21. The molecule has 3 aromatic rings. The van der Waals surface area contributed by atoms with Crippen molar-refractivity contribution in [3.8, 4) is 0 Å². The van der Waals surface area contributed by atoms with Gasteiger partial charge in [-0.25, -0.2) is 9.78 Å². The summed E-state index contributed by atoms with van der Waals surface area (Å²) in [5.41, 5.74) is 4.12. The van der Waals surface area contributed by atoms with E-state index in [1.165, 1.54) is 11.1 Å². The first-order valence-electron chi connectivity index (χ1n) is 12.5. The van der Waals surface area contributed by atoms with E-state index in [0.29, 0.717) is 25.1 Å². The van der Waals surface area contributed by atoms with Crippen LogP contribution in [0.2, 0.25) is 0 Å². The van der Waals surface area contributed by atoms with Crippen molar-refractivity contribution in [1.82, 2.24) is 9.88 Å². The lowest BCUT2D eigenvalue weighted by atomic mass is 9.91. The average molecular weight is 466 g/mol. The highest BCUT2D eigenvalue weighted by atomic mass is 16.6. The molecule has 1 saturated heterocycles. The number of aromatic nitrogens is 1. The summed E-state index contributed by atoms with van der Waals surface area (Å²) in [7, 11) is 0. The quantitative estimate of drug-likeness (QED) is 0.548. The molecule has 7 rings (SSSR count). The van der Waals surface area contributed by atoms with Crippen molar-refractivity contribution in [2.75, 3.05) is 24.5 Å². The molecule has 2 fully saturated rings. The number of carbonyl (C=O) groups is 2. The Hall–Kier alpha value is -3.67. The van der Waals surface area contributed by atoms with E-state index >= 15 is 0 Å². The minimum atomic E-state index is -0.702. The molecule has 0 radical (unpaired) electrons. The highest BCUT2D eigenvalue weighted by molar-refractivity contribution is 5.96. The lowest BCUT2D eigenvalue weighted by Crippen LogP contribution is -2.40. The number of esters is 1. The number of ether oxygens (including phenoxy) is 1. The van der Waals surface area contributed by atoms with Crippen LogP contribution in [0.3, 0.4) is 0 Å². The third-order valence-electron chi connectivity index (χ3n) is 8.36. The van der Waals surface area contributed by atoms with Crippen LogP contribution in [0.1, 0.15) is 51.9 Å². The zero-order chi connectivity index (χ0) is 23.6. The zero-order valence-electron chi connectivity index (χ0n) is 19.6. The first kappa shape index (κ1) is 20.7. The molecule has 4 aliphatic rings. The second-order valence-corrected chi connectivity index (χ2v) is 10.3.